The number of carbonyl (C=O) groups excluding carboxylic acids is 2. The lowest BCUT2D eigenvalue weighted by Gasteiger charge is -2.50. The van der Waals surface area contributed by atoms with Crippen molar-refractivity contribution in [2.75, 3.05) is 19.7 Å². The number of hydrogen-bond donors (Lipinski definition) is 1. The van der Waals surface area contributed by atoms with Crippen molar-refractivity contribution in [3.63, 3.8) is 0 Å². The normalized spacial score (nSPS) is 27.3. The van der Waals surface area contributed by atoms with Crippen LogP contribution in [0.4, 0.5) is 4.79 Å². The fraction of sp³-hybridized carbons (Fsp3) is 0.652. The van der Waals surface area contributed by atoms with E-state index >= 15 is 0 Å². The standard InChI is InChI=1S/C23H32ClN3O6S/c1-15-22(2,3)32-14-19(27(15)34(30,31)18-6-4-17(24)5-7-18)23(10-11-23)33-21(29)26-12-8-16(9-13-26)20(25)28/h4-7,15-16,19H,8-14H2,1-3H3,(H2,25,28)/p+1. The molecule has 0 bridgehead atoms. The molecule has 3 N–H and O–H groups in total. The molecule has 4 rings (SSSR count). The Labute approximate surface area is 205 Å². The maximum absolute atomic E-state index is 13.8. The summed E-state index contributed by atoms with van der Waals surface area (Å²) in [4.78, 5) is 26.3. The number of rotatable bonds is 5. The van der Waals surface area contributed by atoms with E-state index in [0.29, 0.717) is 43.8 Å². The van der Waals surface area contributed by atoms with Crippen molar-refractivity contribution < 1.29 is 33.2 Å². The second-order valence-electron chi connectivity index (χ2n) is 10.1. The zero-order chi connectivity index (χ0) is 24.9. The van der Waals surface area contributed by atoms with Crippen molar-refractivity contribution in [2.45, 2.75) is 74.6 Å². The van der Waals surface area contributed by atoms with Gasteiger partial charge in [0.2, 0.25) is 10.0 Å². The summed E-state index contributed by atoms with van der Waals surface area (Å²) < 4.78 is 41.2. The Morgan fingerprint density at radius 2 is 1.74 bits per heavy atom. The summed E-state index contributed by atoms with van der Waals surface area (Å²) in [5.41, 5.74) is 1.82. The molecule has 3 aliphatic rings. The lowest BCUT2D eigenvalue weighted by Crippen LogP contribution is -2.66. The van der Waals surface area contributed by atoms with Gasteiger partial charge in [0.15, 0.2) is 0 Å². The maximum atomic E-state index is 13.8. The molecule has 0 aromatic heterocycles. The largest absolute Gasteiger partial charge is 0.441 e. The number of likely N-dealkylation sites (tertiary alicyclic amines) is 1. The summed E-state index contributed by atoms with van der Waals surface area (Å²) in [5, 5.41) is 0.447. The molecule has 2 unspecified atom stereocenters. The van der Waals surface area contributed by atoms with Crippen LogP contribution in [-0.2, 0) is 24.3 Å². The highest BCUT2D eigenvalue weighted by atomic mass is 35.5. The van der Waals surface area contributed by atoms with Gasteiger partial charge < -0.3 is 14.4 Å². The van der Waals surface area contributed by atoms with Crippen molar-refractivity contribution in [1.82, 2.24) is 9.21 Å². The Balaban J connectivity index is 1.58. The number of nitrogens with zero attached hydrogens (tertiary/aromatic N) is 2. The third-order valence-corrected chi connectivity index (χ3v) is 9.79. The molecule has 2 aliphatic heterocycles. The molecule has 1 aromatic rings. The van der Waals surface area contributed by atoms with E-state index in [1.807, 2.05) is 20.8 Å². The molecule has 1 saturated carbocycles. The third-order valence-electron chi connectivity index (χ3n) is 7.55. The lowest BCUT2D eigenvalue weighted by atomic mass is 9.94. The molecular weight excluding hydrogens is 482 g/mol. The second-order valence-corrected chi connectivity index (χ2v) is 12.3. The first-order chi connectivity index (χ1) is 15.9. The zero-order valence-corrected chi connectivity index (χ0v) is 21.4. The monoisotopic (exact) mass is 514 g/mol. The number of halogens is 1. The van der Waals surface area contributed by atoms with Gasteiger partial charge in [0.05, 0.1) is 35.1 Å². The molecule has 0 spiro atoms. The minimum Gasteiger partial charge on any atom is -0.441 e. The zero-order valence-electron chi connectivity index (χ0n) is 19.8. The van der Waals surface area contributed by atoms with Gasteiger partial charge in [-0.25, -0.2) is 18.0 Å². The maximum Gasteiger partial charge on any atom is 0.410 e. The van der Waals surface area contributed by atoms with E-state index in [9.17, 15) is 18.0 Å². The Kier molecular flexibility index (Phi) is 6.76. The first-order valence-electron chi connectivity index (χ1n) is 11.6. The van der Waals surface area contributed by atoms with E-state index in [-0.39, 0.29) is 23.3 Å². The van der Waals surface area contributed by atoms with Crippen LogP contribution >= 0.6 is 11.6 Å². The van der Waals surface area contributed by atoms with E-state index < -0.39 is 39.4 Å². The van der Waals surface area contributed by atoms with Gasteiger partial charge in [-0.3, -0.25) is 5.73 Å². The summed E-state index contributed by atoms with van der Waals surface area (Å²) in [7, 11) is -3.92. The first-order valence-corrected chi connectivity index (χ1v) is 13.5. The van der Waals surface area contributed by atoms with Crippen LogP contribution in [-0.4, -0.2) is 72.6 Å². The van der Waals surface area contributed by atoms with Crippen LogP contribution in [0.15, 0.2) is 29.2 Å². The fourth-order valence-corrected chi connectivity index (χ4v) is 6.91. The Hall–Kier alpha value is -1.72. The molecule has 3 fully saturated rings. The molecule has 2 heterocycles. The minimum absolute atomic E-state index is 0.106. The lowest BCUT2D eigenvalue weighted by molar-refractivity contribution is -0.312. The number of morpholine rings is 1. The molecule has 34 heavy (non-hydrogen) atoms. The van der Waals surface area contributed by atoms with Gasteiger partial charge in [0.25, 0.3) is 0 Å². The van der Waals surface area contributed by atoms with Crippen LogP contribution in [0.1, 0.15) is 46.5 Å². The molecule has 11 heteroatoms. The van der Waals surface area contributed by atoms with Crippen molar-refractivity contribution in [3.8, 4) is 0 Å². The second kappa shape index (κ2) is 9.05. The van der Waals surface area contributed by atoms with Crippen molar-refractivity contribution >= 4 is 33.6 Å². The Bertz CT molecular complexity index is 1050. The summed E-state index contributed by atoms with van der Waals surface area (Å²) in [5.74, 6) is -0.237. The van der Waals surface area contributed by atoms with Gasteiger partial charge in [-0.05, 0) is 70.7 Å². The van der Waals surface area contributed by atoms with E-state index in [0.717, 1.165) is 0 Å². The Morgan fingerprint density at radius 1 is 1.15 bits per heavy atom. The van der Waals surface area contributed by atoms with Crippen LogP contribution in [0.5, 0.6) is 0 Å². The Morgan fingerprint density at radius 3 is 2.26 bits per heavy atom. The van der Waals surface area contributed by atoms with Crippen LogP contribution in [0.3, 0.4) is 0 Å². The minimum atomic E-state index is -3.92. The van der Waals surface area contributed by atoms with Crippen LogP contribution < -0.4 is 5.73 Å². The van der Waals surface area contributed by atoms with Crippen molar-refractivity contribution in [1.29, 1.82) is 0 Å². The van der Waals surface area contributed by atoms with Gasteiger partial charge in [0.1, 0.15) is 5.60 Å². The summed E-state index contributed by atoms with van der Waals surface area (Å²) in [6.45, 7) is 6.49. The van der Waals surface area contributed by atoms with E-state index in [4.69, 9.17) is 21.1 Å². The smallest absolute Gasteiger partial charge is 0.410 e. The molecule has 0 radical (unpaired) electrons. The number of amides is 2. The average Bonchev–Trinajstić information content (AvgIpc) is 3.56. The van der Waals surface area contributed by atoms with Crippen LogP contribution in [0.2, 0.25) is 5.02 Å². The third kappa shape index (κ3) is 4.70. The molecular formula is C23H33ClN3O6S+. The van der Waals surface area contributed by atoms with E-state index in [2.05, 4.69) is 5.73 Å². The highest BCUT2D eigenvalue weighted by Crippen LogP contribution is 2.49. The average molecular weight is 515 g/mol. The number of sulfonamides is 1. The molecule has 2 atom stereocenters. The molecule has 2 amide bonds. The van der Waals surface area contributed by atoms with Crippen molar-refractivity contribution in [2.24, 2.45) is 5.92 Å². The summed E-state index contributed by atoms with van der Waals surface area (Å²) in [6.07, 6.45) is 1.74. The molecule has 1 aromatic carbocycles. The summed E-state index contributed by atoms with van der Waals surface area (Å²) in [6, 6.07) is 4.92. The van der Waals surface area contributed by atoms with Crippen LogP contribution in [0, 0.1) is 5.92 Å². The highest BCUT2D eigenvalue weighted by molar-refractivity contribution is 7.89. The summed E-state index contributed by atoms with van der Waals surface area (Å²) >= 11 is 5.98. The highest BCUT2D eigenvalue weighted by Gasteiger charge is 2.62. The van der Waals surface area contributed by atoms with Gasteiger partial charge in [-0.1, -0.05) is 11.6 Å². The number of benzene rings is 1. The number of hydrogen-bond acceptors (Lipinski definition) is 6. The number of ether oxygens (including phenoxy) is 2. The van der Waals surface area contributed by atoms with Crippen molar-refractivity contribution in [3.05, 3.63) is 29.3 Å². The SMILES string of the molecule is CC1N(S(=O)(=O)c2ccc(Cl)cc2)C(C2(OC(=O)N3CCC(C([NH3+])=O)CC3)CC2)COC1(C)C. The number of quaternary nitrogens is 1. The van der Waals surface area contributed by atoms with E-state index in [1.54, 1.807) is 17.0 Å². The predicted molar refractivity (Wildman–Crippen MR) is 124 cm³/mol. The van der Waals surface area contributed by atoms with Gasteiger partial charge in [-0.2, -0.15) is 4.31 Å². The fourth-order valence-electron chi connectivity index (χ4n) is 4.80. The molecule has 9 nitrogen and oxygen atoms in total. The number of piperidine rings is 1. The van der Waals surface area contributed by atoms with Crippen LogP contribution in [0.25, 0.3) is 0 Å². The first kappa shape index (κ1) is 25.4. The van der Waals surface area contributed by atoms with Gasteiger partial charge in [-0.15, -0.1) is 0 Å². The topological polar surface area (TPSA) is 121 Å². The number of carbonyl (C=O) groups is 2. The quantitative estimate of drug-likeness (QED) is 0.642. The van der Waals surface area contributed by atoms with Gasteiger partial charge in [0, 0.05) is 18.1 Å². The van der Waals surface area contributed by atoms with E-state index in [1.165, 1.54) is 16.4 Å². The molecule has 188 valence electrons. The predicted octanol–water partition coefficient (Wildman–Crippen LogP) is 2.05. The molecule has 1 aliphatic carbocycles. The molecule has 2 saturated heterocycles. The van der Waals surface area contributed by atoms with Gasteiger partial charge >= 0.3 is 12.0 Å².